The summed E-state index contributed by atoms with van der Waals surface area (Å²) in [5.41, 5.74) is 0.865. The highest BCUT2D eigenvalue weighted by molar-refractivity contribution is 5.78. The molecule has 0 saturated carbocycles. The van der Waals surface area contributed by atoms with E-state index in [0.717, 1.165) is 0 Å². The maximum atomic E-state index is 12.2. The Labute approximate surface area is 160 Å². The summed E-state index contributed by atoms with van der Waals surface area (Å²) in [6.07, 6.45) is 1.46. The quantitative estimate of drug-likeness (QED) is 0.649. The van der Waals surface area contributed by atoms with Gasteiger partial charge in [0.05, 0.1) is 20.3 Å². The van der Waals surface area contributed by atoms with E-state index in [1.54, 1.807) is 23.1 Å². The number of carbonyl (C=O) groups excluding carboxylic acids is 1. The average molecular weight is 385 g/mol. The van der Waals surface area contributed by atoms with Crippen molar-refractivity contribution < 1.29 is 19.0 Å². The molecule has 1 aliphatic heterocycles. The maximum Gasteiger partial charge on any atom is 0.260 e. The minimum absolute atomic E-state index is 0.0839. The second-order valence-corrected chi connectivity index (χ2v) is 5.70. The standard InChI is InChI=1S/C17H19N7O4/c1-26-15-8-13(19-10-12(9-18)17-20-22-23-21-17)2-3-14(15)28-11-16(25)24-4-6-27-7-5-24/h2-3,8,10,19H,4-7,11H2,1H3,(H,20,21,22,23). The van der Waals surface area contributed by atoms with Gasteiger partial charge in [-0.2, -0.15) is 10.5 Å². The molecule has 11 heteroatoms. The first-order chi connectivity index (χ1) is 13.7. The summed E-state index contributed by atoms with van der Waals surface area (Å²) in [7, 11) is 1.51. The van der Waals surface area contributed by atoms with Crippen LogP contribution in [0.4, 0.5) is 5.69 Å². The van der Waals surface area contributed by atoms with E-state index in [2.05, 4.69) is 25.9 Å². The van der Waals surface area contributed by atoms with Gasteiger partial charge in [0, 0.05) is 31.0 Å². The molecule has 0 spiro atoms. The van der Waals surface area contributed by atoms with Gasteiger partial charge < -0.3 is 24.4 Å². The number of methoxy groups -OCH3 is 1. The fourth-order valence-corrected chi connectivity index (χ4v) is 2.50. The first kappa shape index (κ1) is 19.1. The van der Waals surface area contributed by atoms with Gasteiger partial charge in [-0.15, -0.1) is 10.2 Å². The Morgan fingerprint density at radius 2 is 2.25 bits per heavy atom. The molecule has 2 aromatic rings. The van der Waals surface area contributed by atoms with Crippen LogP contribution in [0.15, 0.2) is 24.4 Å². The number of tetrazole rings is 1. The van der Waals surface area contributed by atoms with Crippen LogP contribution in [-0.2, 0) is 9.53 Å². The van der Waals surface area contributed by atoms with Crippen molar-refractivity contribution in [2.45, 2.75) is 0 Å². The second kappa shape index (κ2) is 9.33. The molecule has 3 rings (SSSR count). The highest BCUT2D eigenvalue weighted by atomic mass is 16.5. The first-order valence-electron chi connectivity index (χ1n) is 8.48. The third-order valence-electron chi connectivity index (χ3n) is 3.97. The van der Waals surface area contributed by atoms with Crippen LogP contribution in [-0.4, -0.2) is 71.5 Å². The van der Waals surface area contributed by atoms with Crippen molar-refractivity contribution in [2.24, 2.45) is 0 Å². The average Bonchev–Trinajstić information content (AvgIpc) is 3.28. The summed E-state index contributed by atoms with van der Waals surface area (Å²) >= 11 is 0. The van der Waals surface area contributed by atoms with E-state index < -0.39 is 0 Å². The monoisotopic (exact) mass is 385 g/mol. The number of hydrogen-bond acceptors (Lipinski definition) is 9. The Morgan fingerprint density at radius 1 is 1.43 bits per heavy atom. The zero-order valence-electron chi connectivity index (χ0n) is 15.2. The Kier molecular flexibility index (Phi) is 6.37. The lowest BCUT2D eigenvalue weighted by molar-refractivity contribution is -0.137. The largest absolute Gasteiger partial charge is 0.493 e. The lowest BCUT2D eigenvalue weighted by Crippen LogP contribution is -2.43. The highest BCUT2D eigenvalue weighted by Crippen LogP contribution is 2.30. The van der Waals surface area contributed by atoms with E-state index in [-0.39, 0.29) is 23.9 Å². The maximum absolute atomic E-state index is 12.2. The molecular formula is C17H19N7O4. The van der Waals surface area contributed by atoms with Crippen LogP contribution in [0.1, 0.15) is 5.82 Å². The molecule has 2 N–H and O–H groups in total. The number of anilines is 1. The molecule has 28 heavy (non-hydrogen) atoms. The summed E-state index contributed by atoms with van der Waals surface area (Å²) in [4.78, 5) is 13.9. The smallest absolute Gasteiger partial charge is 0.260 e. The Hall–Kier alpha value is -3.65. The third kappa shape index (κ3) is 4.74. The van der Waals surface area contributed by atoms with Crippen LogP contribution in [0.2, 0.25) is 0 Å². The molecule has 0 unspecified atom stereocenters. The van der Waals surface area contributed by atoms with Crippen molar-refractivity contribution in [3.63, 3.8) is 0 Å². The fraction of sp³-hybridized carbons (Fsp3) is 0.353. The molecule has 1 aromatic carbocycles. The number of nitrogens with zero attached hydrogens (tertiary/aromatic N) is 5. The minimum Gasteiger partial charge on any atom is -0.493 e. The lowest BCUT2D eigenvalue weighted by atomic mass is 10.2. The van der Waals surface area contributed by atoms with Gasteiger partial charge in [-0.05, 0) is 17.3 Å². The SMILES string of the molecule is COc1cc(NC=C(C#N)c2nn[nH]n2)ccc1OCC(=O)N1CCOCC1. The molecule has 2 heterocycles. The molecule has 0 radical (unpaired) electrons. The molecule has 1 aromatic heterocycles. The predicted molar refractivity (Wildman–Crippen MR) is 97.3 cm³/mol. The molecular weight excluding hydrogens is 366 g/mol. The van der Waals surface area contributed by atoms with Crippen LogP contribution in [0.3, 0.4) is 0 Å². The number of nitriles is 1. The zero-order chi connectivity index (χ0) is 19.8. The lowest BCUT2D eigenvalue weighted by Gasteiger charge is -2.26. The summed E-state index contributed by atoms with van der Waals surface area (Å²) in [5, 5.41) is 25.4. The minimum atomic E-state index is -0.103. The van der Waals surface area contributed by atoms with Gasteiger partial charge in [0.1, 0.15) is 11.6 Å². The van der Waals surface area contributed by atoms with Crippen molar-refractivity contribution in [1.29, 1.82) is 5.26 Å². The van der Waals surface area contributed by atoms with E-state index >= 15 is 0 Å². The number of allylic oxidation sites excluding steroid dienone is 1. The molecule has 1 saturated heterocycles. The Bertz CT molecular complexity index is 870. The van der Waals surface area contributed by atoms with Gasteiger partial charge in [-0.3, -0.25) is 4.79 Å². The molecule has 1 aliphatic rings. The number of amides is 1. The van der Waals surface area contributed by atoms with Gasteiger partial charge in [-0.1, -0.05) is 0 Å². The molecule has 0 aliphatic carbocycles. The zero-order valence-corrected chi connectivity index (χ0v) is 15.2. The molecule has 1 amide bonds. The van der Waals surface area contributed by atoms with Gasteiger partial charge in [0.15, 0.2) is 18.1 Å². The number of nitrogens with one attached hydrogen (secondary N) is 2. The first-order valence-corrected chi connectivity index (χ1v) is 8.48. The topological polar surface area (TPSA) is 138 Å². The fourth-order valence-electron chi connectivity index (χ4n) is 2.50. The van der Waals surface area contributed by atoms with Crippen molar-refractivity contribution in [3.8, 4) is 17.6 Å². The number of morpholine rings is 1. The summed E-state index contributed by atoms with van der Waals surface area (Å²) in [5.74, 6) is 0.973. The van der Waals surface area contributed by atoms with Crippen LogP contribution < -0.4 is 14.8 Å². The summed E-state index contributed by atoms with van der Waals surface area (Å²) in [6.45, 7) is 2.13. The number of hydrogen-bond donors (Lipinski definition) is 2. The van der Waals surface area contributed by atoms with Crippen LogP contribution in [0, 0.1) is 11.3 Å². The van der Waals surface area contributed by atoms with E-state index in [1.807, 2.05) is 6.07 Å². The van der Waals surface area contributed by atoms with E-state index in [0.29, 0.717) is 43.5 Å². The molecule has 11 nitrogen and oxygen atoms in total. The third-order valence-corrected chi connectivity index (χ3v) is 3.97. The molecule has 1 fully saturated rings. The van der Waals surface area contributed by atoms with E-state index in [4.69, 9.17) is 14.2 Å². The van der Waals surface area contributed by atoms with Crippen molar-refractivity contribution in [2.75, 3.05) is 45.3 Å². The van der Waals surface area contributed by atoms with Crippen LogP contribution >= 0.6 is 0 Å². The number of ether oxygens (including phenoxy) is 3. The predicted octanol–water partition coefficient (Wildman–Crippen LogP) is 0.422. The highest BCUT2D eigenvalue weighted by Gasteiger charge is 2.18. The molecule has 146 valence electrons. The summed E-state index contributed by atoms with van der Waals surface area (Å²) < 4.78 is 16.2. The number of rotatable bonds is 7. The van der Waals surface area contributed by atoms with Gasteiger partial charge >= 0.3 is 0 Å². The number of aromatic nitrogens is 4. The second-order valence-electron chi connectivity index (χ2n) is 5.70. The van der Waals surface area contributed by atoms with Gasteiger partial charge in [0.2, 0.25) is 5.82 Å². The van der Waals surface area contributed by atoms with Crippen LogP contribution in [0.5, 0.6) is 11.5 Å². The van der Waals surface area contributed by atoms with Gasteiger partial charge in [-0.25, -0.2) is 0 Å². The number of H-pyrrole nitrogens is 1. The number of aromatic amines is 1. The number of benzene rings is 1. The summed E-state index contributed by atoms with van der Waals surface area (Å²) in [6, 6.07) is 7.09. The van der Waals surface area contributed by atoms with Crippen molar-refractivity contribution in [3.05, 3.63) is 30.2 Å². The molecule has 0 atom stereocenters. The van der Waals surface area contributed by atoms with E-state index in [1.165, 1.54) is 13.3 Å². The van der Waals surface area contributed by atoms with Crippen molar-refractivity contribution >= 4 is 17.2 Å². The Balaban J connectivity index is 1.63. The number of carbonyl (C=O) groups is 1. The van der Waals surface area contributed by atoms with Crippen LogP contribution in [0.25, 0.3) is 5.57 Å². The Morgan fingerprint density at radius 3 is 2.93 bits per heavy atom. The van der Waals surface area contributed by atoms with Gasteiger partial charge in [0.25, 0.3) is 5.91 Å². The normalized spacial score (nSPS) is 14.3. The van der Waals surface area contributed by atoms with Crippen molar-refractivity contribution in [1.82, 2.24) is 25.5 Å². The van der Waals surface area contributed by atoms with E-state index in [9.17, 15) is 10.1 Å². The molecule has 0 bridgehead atoms.